The summed E-state index contributed by atoms with van der Waals surface area (Å²) in [5, 5.41) is 18.6. The lowest BCUT2D eigenvalue weighted by Crippen LogP contribution is -2.38. The Hall–Kier alpha value is -2.41. The molecule has 4 atom stereocenters. The van der Waals surface area contributed by atoms with E-state index in [9.17, 15) is 18.3 Å². The molecule has 12 heteroatoms. The molecular formula is C20H26F3N3O6. The van der Waals surface area contributed by atoms with Crippen LogP contribution in [0.2, 0.25) is 0 Å². The van der Waals surface area contributed by atoms with Crippen LogP contribution in [0.25, 0.3) is 11.0 Å². The van der Waals surface area contributed by atoms with Gasteiger partial charge in [-0.25, -0.2) is 9.13 Å². The molecule has 0 saturated carbocycles. The van der Waals surface area contributed by atoms with Crippen molar-refractivity contribution in [3.05, 3.63) is 24.0 Å². The smallest absolute Gasteiger partial charge is 0.430 e. The first-order chi connectivity index (χ1) is 15.1. The van der Waals surface area contributed by atoms with Crippen LogP contribution in [0, 0.1) is 0 Å². The van der Waals surface area contributed by atoms with Crippen molar-refractivity contribution in [1.29, 1.82) is 0 Å². The van der Waals surface area contributed by atoms with Gasteiger partial charge in [0.25, 0.3) is 5.82 Å². The number of hydrogen-bond acceptors (Lipinski definition) is 7. The van der Waals surface area contributed by atoms with Gasteiger partial charge in [-0.05, 0) is 26.0 Å². The monoisotopic (exact) mass is 461 g/mol. The maximum atomic E-state index is 10.5. The maximum Gasteiger partial charge on any atom is 0.430 e. The highest BCUT2D eigenvalue weighted by Gasteiger charge is 2.48. The summed E-state index contributed by atoms with van der Waals surface area (Å²) in [6.07, 6.45) is -6.44. The Labute approximate surface area is 182 Å². The number of nitrogens with two attached hydrogens (primary N) is 1. The lowest BCUT2D eigenvalue weighted by atomic mass is 10.1. The fourth-order valence-electron chi connectivity index (χ4n) is 4.09. The Kier molecular flexibility index (Phi) is 7.28. The van der Waals surface area contributed by atoms with Gasteiger partial charge >= 0.3 is 6.18 Å². The third kappa shape index (κ3) is 4.68. The molecule has 2 saturated heterocycles. The summed E-state index contributed by atoms with van der Waals surface area (Å²) >= 11 is 0. The average Bonchev–Trinajstić information content (AvgIpc) is 3.40. The van der Waals surface area contributed by atoms with Crippen molar-refractivity contribution in [2.24, 2.45) is 5.73 Å². The predicted molar refractivity (Wildman–Crippen MR) is 102 cm³/mol. The topological polar surface area (TPSA) is 123 Å². The summed E-state index contributed by atoms with van der Waals surface area (Å²) in [5.41, 5.74) is 8.25. The number of aliphatic carboxylic acids is 1. The van der Waals surface area contributed by atoms with Crippen molar-refractivity contribution >= 4 is 17.0 Å². The molecule has 0 radical (unpaired) electrons. The van der Waals surface area contributed by atoms with Gasteiger partial charge in [0.15, 0.2) is 17.1 Å². The number of carbonyl (C=O) groups excluding carboxylic acids is 1. The Bertz CT molecular complexity index is 964. The van der Waals surface area contributed by atoms with Gasteiger partial charge in [-0.1, -0.05) is 0 Å². The second kappa shape index (κ2) is 9.61. The van der Waals surface area contributed by atoms with E-state index in [0.717, 1.165) is 35.7 Å². The third-order valence-electron chi connectivity index (χ3n) is 5.47. The lowest BCUT2D eigenvalue weighted by molar-refractivity contribution is -0.676. The number of hydrogen-bond donors (Lipinski definition) is 2. The molecule has 2 aliphatic heterocycles. The molecule has 2 aromatic rings. The summed E-state index contributed by atoms with van der Waals surface area (Å²) in [7, 11) is 0. The predicted octanol–water partition coefficient (Wildman–Crippen LogP) is -0.368. The zero-order chi connectivity index (χ0) is 23.6. The second-order valence-electron chi connectivity index (χ2n) is 7.36. The molecule has 0 bridgehead atoms. The number of carboxylic acid groups (broad SMARTS) is 1. The van der Waals surface area contributed by atoms with E-state index >= 15 is 0 Å². The molecule has 0 spiro atoms. The van der Waals surface area contributed by atoms with E-state index in [1.54, 1.807) is 0 Å². The van der Waals surface area contributed by atoms with Crippen molar-refractivity contribution in [2.75, 3.05) is 13.2 Å². The standard InChI is InChI=1S/C18H26N3O4.C2HF3O2/c1-3-20-12-6-5-11(7-13(12)21(4-2)16(20)8-19)25-15-10-24-17-14(22)9-23-18(15)17;3-2(4,5)1(6)7/h5-7,14-15,17-18,22H,3-4,8-10,19H2,1-2H3;(H,6,7)/q+1;/p-1/t14-,15-,17+,18+;/m0./s1. The van der Waals surface area contributed by atoms with E-state index in [0.29, 0.717) is 19.8 Å². The minimum atomic E-state index is -5.19. The average molecular weight is 461 g/mol. The van der Waals surface area contributed by atoms with Gasteiger partial charge in [0, 0.05) is 6.07 Å². The number of rotatable bonds is 5. The second-order valence-corrected chi connectivity index (χ2v) is 7.36. The molecule has 9 nitrogen and oxygen atoms in total. The number of nitrogens with zero attached hydrogens (tertiary/aromatic N) is 2. The summed E-state index contributed by atoms with van der Waals surface area (Å²) < 4.78 is 53.4. The first-order valence-electron chi connectivity index (χ1n) is 10.2. The van der Waals surface area contributed by atoms with Crippen molar-refractivity contribution in [3.8, 4) is 5.75 Å². The Morgan fingerprint density at radius 1 is 1.31 bits per heavy atom. The lowest BCUT2D eigenvalue weighted by Gasteiger charge is -2.17. The van der Waals surface area contributed by atoms with Crippen molar-refractivity contribution in [3.63, 3.8) is 0 Å². The number of aliphatic hydroxyl groups excluding tert-OH is 1. The maximum absolute atomic E-state index is 10.5. The Morgan fingerprint density at radius 3 is 2.53 bits per heavy atom. The largest absolute Gasteiger partial charge is 0.542 e. The van der Waals surface area contributed by atoms with Gasteiger partial charge in [-0.3, -0.25) is 0 Å². The van der Waals surface area contributed by atoms with Gasteiger partial charge < -0.3 is 35.0 Å². The minimum Gasteiger partial charge on any atom is -0.542 e. The zero-order valence-electron chi connectivity index (χ0n) is 17.7. The highest BCUT2D eigenvalue weighted by molar-refractivity contribution is 5.74. The molecule has 32 heavy (non-hydrogen) atoms. The van der Waals surface area contributed by atoms with Gasteiger partial charge in [0.2, 0.25) is 0 Å². The first kappa shape index (κ1) is 24.2. The first-order valence-corrected chi connectivity index (χ1v) is 10.2. The van der Waals surface area contributed by atoms with Crippen LogP contribution >= 0.6 is 0 Å². The SMILES string of the molecule is CCn1c(CN)[n+](CC)c2ccc(O[C@H]3CO[C@H]4[C@@H]3OC[C@@H]4O)cc21.O=C([O-])C(F)(F)F. The molecule has 0 aliphatic carbocycles. The number of imidazole rings is 1. The van der Waals surface area contributed by atoms with Crippen molar-refractivity contribution in [1.82, 2.24) is 4.57 Å². The zero-order valence-corrected chi connectivity index (χ0v) is 17.7. The summed E-state index contributed by atoms with van der Waals surface area (Å²) in [6.45, 7) is 7.22. The van der Waals surface area contributed by atoms with Crippen LogP contribution in [0.4, 0.5) is 13.2 Å². The molecule has 2 aliphatic rings. The fourth-order valence-corrected chi connectivity index (χ4v) is 4.09. The third-order valence-corrected chi connectivity index (χ3v) is 5.47. The van der Waals surface area contributed by atoms with Gasteiger partial charge in [-0.15, -0.1) is 0 Å². The van der Waals surface area contributed by atoms with Crippen molar-refractivity contribution < 1.29 is 47.0 Å². The van der Waals surface area contributed by atoms with Crippen LogP contribution in [-0.4, -0.2) is 59.4 Å². The summed E-state index contributed by atoms with van der Waals surface area (Å²) in [4.78, 5) is 8.78. The number of alkyl halides is 3. The number of aryl methyl sites for hydroxylation is 2. The van der Waals surface area contributed by atoms with E-state index in [4.69, 9.17) is 29.8 Å². The van der Waals surface area contributed by atoms with Crippen LogP contribution < -0.4 is 20.1 Å². The van der Waals surface area contributed by atoms with E-state index in [2.05, 4.69) is 35.1 Å². The Balaban J connectivity index is 0.000000360. The number of ether oxygens (including phenoxy) is 3. The van der Waals surface area contributed by atoms with Crippen LogP contribution in [-0.2, 0) is 33.9 Å². The molecule has 4 rings (SSSR count). The molecule has 0 unspecified atom stereocenters. The molecule has 2 fully saturated rings. The summed E-state index contributed by atoms with van der Waals surface area (Å²) in [5.74, 6) is -1.11. The molecule has 3 heterocycles. The van der Waals surface area contributed by atoms with Crippen LogP contribution in [0.3, 0.4) is 0 Å². The number of aromatic nitrogens is 2. The van der Waals surface area contributed by atoms with Gasteiger partial charge in [0.05, 0.1) is 32.8 Å². The summed E-state index contributed by atoms with van der Waals surface area (Å²) in [6, 6.07) is 6.12. The van der Waals surface area contributed by atoms with E-state index in [-0.39, 0.29) is 18.3 Å². The molecule has 3 N–H and O–H groups in total. The molecule has 1 aromatic heterocycles. The number of fused-ring (bicyclic) bond motifs is 2. The highest BCUT2D eigenvalue weighted by Crippen LogP contribution is 2.31. The highest BCUT2D eigenvalue weighted by atomic mass is 19.4. The van der Waals surface area contributed by atoms with Gasteiger partial charge in [-0.2, -0.15) is 13.2 Å². The number of carbonyl (C=O) groups is 1. The van der Waals surface area contributed by atoms with Crippen LogP contribution in [0.1, 0.15) is 19.7 Å². The minimum absolute atomic E-state index is 0.197. The van der Waals surface area contributed by atoms with E-state index in [1.165, 1.54) is 0 Å². The Morgan fingerprint density at radius 2 is 1.97 bits per heavy atom. The van der Waals surface area contributed by atoms with E-state index < -0.39 is 18.2 Å². The number of benzene rings is 1. The van der Waals surface area contributed by atoms with E-state index in [1.807, 2.05) is 6.07 Å². The number of halogens is 3. The van der Waals surface area contributed by atoms with Crippen molar-refractivity contribution in [2.45, 2.75) is 64.1 Å². The molecule has 0 amide bonds. The fraction of sp³-hybridized carbons (Fsp3) is 0.600. The molecular weight excluding hydrogens is 435 g/mol. The number of aliphatic hydroxyl groups is 1. The van der Waals surface area contributed by atoms with Crippen LogP contribution in [0.5, 0.6) is 5.75 Å². The number of carboxylic acids is 1. The molecule has 178 valence electrons. The van der Waals surface area contributed by atoms with Crippen LogP contribution in [0.15, 0.2) is 18.2 Å². The molecule has 1 aromatic carbocycles. The normalized spacial score (nSPS) is 24.8. The quantitative estimate of drug-likeness (QED) is 0.583. The van der Waals surface area contributed by atoms with Gasteiger partial charge in [0.1, 0.15) is 30.0 Å².